The summed E-state index contributed by atoms with van der Waals surface area (Å²) >= 11 is 0. The lowest BCUT2D eigenvalue weighted by Crippen LogP contribution is -2.41. The van der Waals surface area contributed by atoms with E-state index in [1.807, 2.05) is 41.9 Å². The van der Waals surface area contributed by atoms with Crippen molar-refractivity contribution in [3.63, 3.8) is 0 Å². The summed E-state index contributed by atoms with van der Waals surface area (Å²) in [5.74, 6) is 1.34. The molecular formula is C18H27N5O. The van der Waals surface area contributed by atoms with Crippen LogP contribution in [0.4, 0.5) is 0 Å². The number of imidazole rings is 1. The minimum atomic E-state index is 0.227. The molecule has 1 fully saturated rings. The maximum Gasteiger partial charge on any atom is 0.224 e. The predicted octanol–water partition coefficient (Wildman–Crippen LogP) is 2.51. The number of likely N-dealkylation sites (tertiary alicyclic amines) is 1. The molecule has 2 aromatic rings. The number of hydrogen-bond acceptors (Lipinski definition) is 3. The first-order valence-electron chi connectivity index (χ1n) is 8.89. The van der Waals surface area contributed by atoms with Crippen LogP contribution in [-0.4, -0.2) is 43.2 Å². The molecular weight excluding hydrogens is 302 g/mol. The number of hydrogen-bond donors (Lipinski definition) is 0. The second kappa shape index (κ2) is 7.20. The van der Waals surface area contributed by atoms with E-state index in [9.17, 15) is 4.79 Å². The molecule has 1 aliphatic rings. The number of carbonyl (C=O) groups excluding carboxylic acids is 1. The predicted molar refractivity (Wildman–Crippen MR) is 92.8 cm³/mol. The molecule has 1 aliphatic heterocycles. The van der Waals surface area contributed by atoms with Crippen molar-refractivity contribution in [1.82, 2.24) is 24.2 Å². The van der Waals surface area contributed by atoms with E-state index < -0.39 is 0 Å². The van der Waals surface area contributed by atoms with Crippen LogP contribution in [0, 0.1) is 13.8 Å². The first-order valence-corrected chi connectivity index (χ1v) is 8.89. The molecule has 1 saturated heterocycles. The summed E-state index contributed by atoms with van der Waals surface area (Å²) in [4.78, 5) is 19.0. The molecule has 1 unspecified atom stereocenters. The molecule has 1 atom stereocenters. The molecule has 0 N–H and O–H groups in total. The third-order valence-corrected chi connectivity index (χ3v) is 4.85. The Hall–Kier alpha value is -2.11. The Morgan fingerprint density at radius 1 is 1.38 bits per heavy atom. The third-order valence-electron chi connectivity index (χ3n) is 4.85. The van der Waals surface area contributed by atoms with Crippen LogP contribution in [0.3, 0.4) is 0 Å². The molecule has 0 spiro atoms. The van der Waals surface area contributed by atoms with Crippen LogP contribution in [-0.2, 0) is 17.8 Å². The van der Waals surface area contributed by atoms with Crippen molar-refractivity contribution < 1.29 is 4.79 Å². The zero-order chi connectivity index (χ0) is 17.1. The molecule has 6 nitrogen and oxygen atoms in total. The average Bonchev–Trinajstić information content (AvgIpc) is 3.18. The number of nitrogens with zero attached hydrogens (tertiary/aromatic N) is 5. The van der Waals surface area contributed by atoms with Gasteiger partial charge in [0.25, 0.3) is 0 Å². The fraction of sp³-hybridized carbons (Fsp3) is 0.611. The van der Waals surface area contributed by atoms with Gasteiger partial charge in [0.15, 0.2) is 0 Å². The topological polar surface area (TPSA) is 56.0 Å². The maximum atomic E-state index is 12.6. The molecule has 0 radical (unpaired) electrons. The van der Waals surface area contributed by atoms with Crippen LogP contribution in [0.2, 0.25) is 0 Å². The summed E-state index contributed by atoms with van der Waals surface area (Å²) in [6.45, 7) is 8.45. The Labute approximate surface area is 143 Å². The Bertz CT molecular complexity index is 702. The number of aromatic nitrogens is 4. The van der Waals surface area contributed by atoms with Crippen LogP contribution in [0.15, 0.2) is 18.5 Å². The Morgan fingerprint density at radius 2 is 2.21 bits per heavy atom. The maximum absolute atomic E-state index is 12.6. The van der Waals surface area contributed by atoms with Gasteiger partial charge in [-0.05, 0) is 32.8 Å². The zero-order valence-corrected chi connectivity index (χ0v) is 14.9. The van der Waals surface area contributed by atoms with E-state index in [2.05, 4.69) is 21.6 Å². The van der Waals surface area contributed by atoms with Gasteiger partial charge >= 0.3 is 0 Å². The van der Waals surface area contributed by atoms with Gasteiger partial charge in [0.2, 0.25) is 5.91 Å². The van der Waals surface area contributed by atoms with Gasteiger partial charge in [-0.1, -0.05) is 6.92 Å². The summed E-state index contributed by atoms with van der Waals surface area (Å²) in [6, 6.07) is 2.40. The summed E-state index contributed by atoms with van der Waals surface area (Å²) in [5.41, 5.74) is 2.12. The van der Waals surface area contributed by atoms with Crippen molar-refractivity contribution in [3.05, 3.63) is 35.7 Å². The molecule has 3 rings (SSSR count). The van der Waals surface area contributed by atoms with Gasteiger partial charge in [-0.3, -0.25) is 9.48 Å². The molecule has 130 valence electrons. The first kappa shape index (κ1) is 16.7. The van der Waals surface area contributed by atoms with Crippen LogP contribution in [0.1, 0.15) is 49.4 Å². The summed E-state index contributed by atoms with van der Waals surface area (Å²) in [6.07, 6.45) is 7.52. The van der Waals surface area contributed by atoms with Gasteiger partial charge in [0.05, 0.1) is 11.7 Å². The second-order valence-electron chi connectivity index (χ2n) is 6.64. The standard InChI is InChI=1S/C18H27N5O/c1-4-17-19-8-11-22(17)16-6-5-9-21(13-16)18(24)7-10-23-15(3)12-14(2)20-23/h8,11-12,16H,4-7,9-10,13H2,1-3H3. The normalized spacial score (nSPS) is 18.1. The number of aryl methyl sites for hydroxylation is 4. The van der Waals surface area contributed by atoms with E-state index in [0.29, 0.717) is 19.0 Å². The van der Waals surface area contributed by atoms with E-state index in [1.54, 1.807) is 0 Å². The van der Waals surface area contributed by atoms with E-state index >= 15 is 0 Å². The van der Waals surface area contributed by atoms with Crippen LogP contribution < -0.4 is 0 Å². The Balaban J connectivity index is 1.60. The highest BCUT2D eigenvalue weighted by atomic mass is 16.2. The van der Waals surface area contributed by atoms with Gasteiger partial charge in [0, 0.05) is 50.6 Å². The molecule has 0 saturated carbocycles. The minimum absolute atomic E-state index is 0.227. The Kier molecular flexibility index (Phi) is 5.02. The number of carbonyl (C=O) groups is 1. The summed E-state index contributed by atoms with van der Waals surface area (Å²) in [5, 5.41) is 4.44. The van der Waals surface area contributed by atoms with Crippen molar-refractivity contribution >= 4 is 5.91 Å². The van der Waals surface area contributed by atoms with E-state index in [4.69, 9.17) is 0 Å². The van der Waals surface area contributed by atoms with Gasteiger partial charge in [-0.2, -0.15) is 5.10 Å². The molecule has 6 heteroatoms. The summed E-state index contributed by atoms with van der Waals surface area (Å²) in [7, 11) is 0. The number of piperidine rings is 1. The van der Waals surface area contributed by atoms with Crippen molar-refractivity contribution in [2.24, 2.45) is 0 Å². The van der Waals surface area contributed by atoms with E-state index in [0.717, 1.165) is 49.6 Å². The van der Waals surface area contributed by atoms with Crippen molar-refractivity contribution in [1.29, 1.82) is 0 Å². The monoisotopic (exact) mass is 329 g/mol. The van der Waals surface area contributed by atoms with Crippen LogP contribution in [0.5, 0.6) is 0 Å². The lowest BCUT2D eigenvalue weighted by atomic mass is 10.0. The van der Waals surface area contributed by atoms with Gasteiger partial charge < -0.3 is 9.47 Å². The minimum Gasteiger partial charge on any atom is -0.341 e. The fourth-order valence-corrected chi connectivity index (χ4v) is 3.62. The van der Waals surface area contributed by atoms with Crippen LogP contribution in [0.25, 0.3) is 0 Å². The fourth-order valence-electron chi connectivity index (χ4n) is 3.62. The van der Waals surface area contributed by atoms with Crippen molar-refractivity contribution in [3.8, 4) is 0 Å². The lowest BCUT2D eigenvalue weighted by molar-refractivity contribution is -0.133. The van der Waals surface area contributed by atoms with Crippen molar-refractivity contribution in [2.45, 2.75) is 59.0 Å². The highest BCUT2D eigenvalue weighted by Gasteiger charge is 2.25. The molecule has 3 heterocycles. The highest BCUT2D eigenvalue weighted by Crippen LogP contribution is 2.23. The van der Waals surface area contributed by atoms with Gasteiger partial charge in [-0.25, -0.2) is 4.98 Å². The number of amides is 1. The van der Waals surface area contributed by atoms with E-state index in [-0.39, 0.29) is 5.91 Å². The summed E-state index contributed by atoms with van der Waals surface area (Å²) < 4.78 is 4.18. The van der Waals surface area contributed by atoms with Gasteiger partial charge in [-0.15, -0.1) is 0 Å². The molecule has 24 heavy (non-hydrogen) atoms. The largest absolute Gasteiger partial charge is 0.341 e. The highest BCUT2D eigenvalue weighted by molar-refractivity contribution is 5.76. The number of rotatable bonds is 5. The second-order valence-corrected chi connectivity index (χ2v) is 6.64. The first-order chi connectivity index (χ1) is 11.6. The molecule has 0 aliphatic carbocycles. The lowest BCUT2D eigenvalue weighted by Gasteiger charge is -2.34. The molecule has 1 amide bonds. The van der Waals surface area contributed by atoms with Crippen molar-refractivity contribution in [2.75, 3.05) is 13.1 Å². The van der Waals surface area contributed by atoms with Gasteiger partial charge in [0.1, 0.15) is 5.82 Å². The zero-order valence-electron chi connectivity index (χ0n) is 14.9. The SMILES string of the molecule is CCc1nccn1C1CCCN(C(=O)CCn2nc(C)cc2C)C1. The average molecular weight is 329 g/mol. The van der Waals surface area contributed by atoms with Crippen LogP contribution >= 0.6 is 0 Å². The molecule has 0 aromatic carbocycles. The van der Waals surface area contributed by atoms with E-state index in [1.165, 1.54) is 0 Å². The quantitative estimate of drug-likeness (QED) is 0.847. The molecule has 2 aromatic heterocycles. The Morgan fingerprint density at radius 3 is 2.92 bits per heavy atom. The smallest absolute Gasteiger partial charge is 0.224 e. The third kappa shape index (κ3) is 3.52. The molecule has 0 bridgehead atoms.